The maximum absolute atomic E-state index is 13.8. The summed E-state index contributed by atoms with van der Waals surface area (Å²) in [5.74, 6) is -7.74. The van der Waals surface area contributed by atoms with E-state index >= 15 is 0 Å². The second-order valence-corrected chi connectivity index (χ2v) is 18.8. The first-order valence-electron chi connectivity index (χ1n) is 17.3. The van der Waals surface area contributed by atoms with Gasteiger partial charge in [-0.05, 0) is 32.3 Å². The van der Waals surface area contributed by atoms with Crippen molar-refractivity contribution in [3.05, 3.63) is 47.6 Å². The monoisotopic (exact) mass is 887 g/mol. The lowest BCUT2D eigenvalue weighted by Crippen LogP contribution is -2.59. The molecule has 3 aliphatic carbocycles. The first kappa shape index (κ1) is 43.8. The molecule has 1 spiro atoms. The number of methoxy groups -OCH3 is 1. The first-order chi connectivity index (χ1) is 25.6. The third kappa shape index (κ3) is 9.04. The van der Waals surface area contributed by atoms with E-state index in [1.165, 1.54) is 14.0 Å². The van der Waals surface area contributed by atoms with Gasteiger partial charge in [-0.2, -0.15) is 0 Å². The molecule has 55 heavy (non-hydrogen) atoms. The largest absolute Gasteiger partial charge is 0.458 e. The number of allylic oxidation sites excluding steroid dienone is 3. The van der Waals surface area contributed by atoms with E-state index in [1.807, 2.05) is 30.5 Å². The van der Waals surface area contributed by atoms with E-state index in [1.54, 1.807) is 32.1 Å². The van der Waals surface area contributed by atoms with E-state index in [9.17, 15) is 28.8 Å². The van der Waals surface area contributed by atoms with Crippen LogP contribution in [-0.4, -0.2) is 92.6 Å². The van der Waals surface area contributed by atoms with Crippen LogP contribution in [0.25, 0.3) is 0 Å². The third-order valence-corrected chi connectivity index (χ3v) is 11.9. The summed E-state index contributed by atoms with van der Waals surface area (Å²) in [6.45, 7) is 6.76. The lowest BCUT2D eigenvalue weighted by atomic mass is 9.57. The van der Waals surface area contributed by atoms with Gasteiger partial charge in [-0.3, -0.25) is 19.7 Å². The number of ether oxygens (including phenoxy) is 6. The fourth-order valence-corrected chi connectivity index (χ4v) is 8.64. The zero-order valence-electron chi connectivity index (χ0n) is 30.1. The smallest absolute Gasteiger partial charge is 0.414 e. The molecule has 1 saturated carbocycles. The van der Waals surface area contributed by atoms with Crippen molar-refractivity contribution in [3.8, 4) is 0 Å². The Morgan fingerprint density at radius 1 is 1.02 bits per heavy atom. The number of nitrogens with one attached hydrogen (secondary N) is 1. The highest BCUT2D eigenvalue weighted by molar-refractivity contribution is 6.77. The minimum atomic E-state index is -2.47. The number of alkyl halides is 6. The predicted octanol–water partition coefficient (Wildman–Crippen LogP) is 6.16. The summed E-state index contributed by atoms with van der Waals surface area (Å²) in [4.78, 5) is 77.9. The van der Waals surface area contributed by atoms with E-state index in [0.29, 0.717) is 17.6 Å². The minimum Gasteiger partial charge on any atom is -0.458 e. The molecule has 5 rings (SSSR count). The Hall–Kier alpha value is -2.36. The number of halogens is 6. The molecule has 0 aromatic heterocycles. The number of imide groups is 1. The normalized spacial score (nSPS) is 35.6. The summed E-state index contributed by atoms with van der Waals surface area (Å²) in [5, 5.41) is 1.96. The van der Waals surface area contributed by atoms with Crippen molar-refractivity contribution in [1.82, 2.24) is 5.32 Å². The van der Waals surface area contributed by atoms with Crippen LogP contribution in [0.5, 0.6) is 0 Å². The summed E-state index contributed by atoms with van der Waals surface area (Å²) in [5.41, 5.74) is -0.266. The van der Waals surface area contributed by atoms with E-state index in [4.69, 9.17) is 98.0 Å². The summed E-state index contributed by atoms with van der Waals surface area (Å²) in [7, 11) is 1.34. The quantitative estimate of drug-likeness (QED) is 0.0971. The number of hydrogen-bond donors (Lipinski definition) is 1. The van der Waals surface area contributed by atoms with Crippen LogP contribution in [0.15, 0.2) is 47.6 Å². The van der Waals surface area contributed by atoms with Crippen molar-refractivity contribution in [2.24, 2.45) is 29.6 Å². The molecular weight excluding hydrogens is 851 g/mol. The molecule has 2 aliphatic heterocycles. The molecule has 13 nitrogen and oxygen atoms in total. The molecule has 4 bridgehead atoms. The van der Waals surface area contributed by atoms with Gasteiger partial charge in [-0.25, -0.2) is 14.4 Å². The Morgan fingerprint density at radius 2 is 1.71 bits per heavy atom. The number of cyclic esters (lactones) is 1. The van der Waals surface area contributed by atoms with E-state index in [0.717, 1.165) is 0 Å². The van der Waals surface area contributed by atoms with Gasteiger partial charge in [0.25, 0.3) is 9.70 Å². The number of rotatable bonds is 8. The highest BCUT2D eigenvalue weighted by Crippen LogP contribution is 2.62. The number of esters is 3. The summed E-state index contributed by atoms with van der Waals surface area (Å²) < 4.78 is 31.5. The molecule has 5 aliphatic rings. The molecule has 2 amide bonds. The van der Waals surface area contributed by atoms with Crippen LogP contribution in [0.1, 0.15) is 47.0 Å². The topological polar surface area (TPSA) is 170 Å². The van der Waals surface area contributed by atoms with Crippen molar-refractivity contribution in [2.75, 3.05) is 7.11 Å². The Balaban J connectivity index is 1.56. The van der Waals surface area contributed by atoms with Crippen LogP contribution in [0.2, 0.25) is 0 Å². The van der Waals surface area contributed by atoms with Crippen LogP contribution in [-0.2, 0) is 52.4 Å². The van der Waals surface area contributed by atoms with Crippen LogP contribution >= 0.6 is 69.6 Å². The standard InChI is InChI=1S/C36H39Cl6NO12/c1-15-12-16(2)34-20(13-22(50-5)31(47)52-26(15)18(4)51-24(45)14-23(44)35(37,38)39)10-11-21-25(34)27(54-33(49)43-32(48)36(40,41)42)17(3)28(29(21)55-34)53-30(46)19-8-6-7-9-19/h6-8,10-12,15,17-18,20-22,25-29H,9,13-14H2,1-5H3,(H,43,48,49)/b16-12+/t15-,17-,18-,20-,21-,22+,25+,26+,27-,28-,29-,34+/m1/s1. The second-order valence-electron chi connectivity index (χ2n) is 14.2. The lowest BCUT2D eigenvalue weighted by Gasteiger charge is -2.49. The van der Waals surface area contributed by atoms with Crippen molar-refractivity contribution in [3.63, 3.8) is 0 Å². The number of ketones is 1. The highest BCUT2D eigenvalue weighted by atomic mass is 35.6. The van der Waals surface area contributed by atoms with Gasteiger partial charge in [0.2, 0.25) is 3.79 Å². The molecule has 2 fully saturated rings. The van der Waals surface area contributed by atoms with Gasteiger partial charge < -0.3 is 28.4 Å². The second kappa shape index (κ2) is 16.9. The van der Waals surface area contributed by atoms with Crippen LogP contribution in [0.4, 0.5) is 4.79 Å². The Kier molecular flexibility index (Phi) is 13.4. The molecule has 0 aromatic carbocycles. The number of Topliss-reactive ketones (excluding diaryl/α,β-unsaturated/α-hetero) is 1. The molecule has 1 N–H and O–H groups in total. The number of amides is 2. The third-order valence-electron chi connectivity index (χ3n) is 10.8. The lowest BCUT2D eigenvalue weighted by molar-refractivity contribution is -0.179. The summed E-state index contributed by atoms with van der Waals surface area (Å²) >= 11 is 34.0. The van der Waals surface area contributed by atoms with Gasteiger partial charge in [-0.15, -0.1) is 0 Å². The van der Waals surface area contributed by atoms with Crippen molar-refractivity contribution in [2.45, 2.75) is 96.8 Å². The van der Waals surface area contributed by atoms with Crippen molar-refractivity contribution in [1.29, 1.82) is 0 Å². The zero-order chi connectivity index (χ0) is 40.8. The van der Waals surface area contributed by atoms with Crippen LogP contribution in [0, 0.1) is 29.6 Å². The van der Waals surface area contributed by atoms with Gasteiger partial charge in [0, 0.05) is 42.3 Å². The summed E-state index contributed by atoms with van der Waals surface area (Å²) in [6, 6.07) is 0. The first-order valence-corrected chi connectivity index (χ1v) is 19.6. The predicted molar refractivity (Wildman–Crippen MR) is 200 cm³/mol. The number of carbonyl (C=O) groups excluding carboxylic acids is 6. The molecule has 0 radical (unpaired) electrons. The van der Waals surface area contributed by atoms with Gasteiger partial charge >= 0.3 is 24.0 Å². The van der Waals surface area contributed by atoms with Gasteiger partial charge in [0.1, 0.15) is 42.5 Å². The molecule has 2 heterocycles. The number of carbonyl (C=O) groups is 6. The Labute approximate surface area is 347 Å². The maximum Gasteiger partial charge on any atom is 0.414 e. The van der Waals surface area contributed by atoms with Gasteiger partial charge in [0.05, 0.1) is 0 Å². The van der Waals surface area contributed by atoms with Gasteiger partial charge in [0.15, 0.2) is 11.9 Å². The molecular formula is C36H39Cl6NO12. The average Bonchev–Trinajstić information content (AvgIpc) is 3.68. The van der Waals surface area contributed by atoms with Crippen molar-refractivity contribution < 1.29 is 57.2 Å². The van der Waals surface area contributed by atoms with E-state index in [-0.39, 0.29) is 6.42 Å². The molecule has 1 saturated heterocycles. The Morgan fingerprint density at radius 3 is 2.31 bits per heavy atom. The highest BCUT2D eigenvalue weighted by Gasteiger charge is 2.70. The SMILES string of the molecule is CO[C@H]1C[C@H]2C=C[C@H]3[C@H]4O[C@]2(/C(C)=C/[C@@H](C)[C@@H]([C@@H](C)OC(=O)CC(=O)C(Cl)(Cl)Cl)OC1=O)[C@@H]3[C@H](OC(=O)NC(=O)C(Cl)(Cl)Cl)[C@@H](C)[C@H]4OC(=O)C1=CC=CC1. The minimum absolute atomic E-state index is 0.0159. The molecule has 302 valence electrons. The fourth-order valence-electron chi connectivity index (χ4n) is 8.30. The molecule has 12 atom stereocenters. The molecule has 0 aromatic rings. The molecule has 0 unspecified atom stereocenters. The van der Waals surface area contributed by atoms with E-state index in [2.05, 4.69) is 0 Å². The fraction of sp³-hybridized carbons (Fsp3) is 0.611. The van der Waals surface area contributed by atoms with Gasteiger partial charge in [-0.1, -0.05) is 120 Å². The van der Waals surface area contributed by atoms with Crippen molar-refractivity contribution >= 4 is 105 Å². The average molecular weight is 890 g/mol. The number of hydrogen-bond acceptors (Lipinski definition) is 12. The maximum atomic E-state index is 13.8. The summed E-state index contributed by atoms with van der Waals surface area (Å²) in [6.07, 6.45) is 2.97. The van der Waals surface area contributed by atoms with E-state index < -0.39 is 122 Å². The number of alkyl carbamates (subject to hydrolysis) is 1. The van der Waals surface area contributed by atoms with Crippen LogP contribution < -0.4 is 5.32 Å². The zero-order valence-corrected chi connectivity index (χ0v) is 34.6. The van der Waals surface area contributed by atoms with Crippen LogP contribution in [0.3, 0.4) is 0 Å². The Bertz CT molecular complexity index is 1720. The molecule has 19 heteroatoms.